The van der Waals surface area contributed by atoms with E-state index in [1.807, 2.05) is 6.08 Å². The lowest BCUT2D eigenvalue weighted by molar-refractivity contribution is 1.25. The molecule has 6 rings (SSSR count). The van der Waals surface area contributed by atoms with Gasteiger partial charge >= 0.3 is 0 Å². The standard InChI is InChI=1S/C43H36/c1-4-14-36(37-24-26-43-39(29-37)30-38-19-10-12-22-42(38)43)28-32(3)40-21-11-9-18-35(40)20-13-15-33-23-25-41(31(2)27-33)34-16-7-5-6-8-17-34/h4-5,7,9-16,18-19,21-29H,1,6,20,30H2,2-3H3/b15-13+,32-28+,36-14+. The van der Waals surface area contributed by atoms with Crippen LogP contribution in [-0.2, 0) is 12.8 Å². The molecule has 43 heavy (non-hydrogen) atoms. The van der Waals surface area contributed by atoms with Gasteiger partial charge in [0.05, 0.1) is 0 Å². The second-order valence-corrected chi connectivity index (χ2v) is 11.2. The molecule has 0 atom stereocenters. The van der Waals surface area contributed by atoms with E-state index in [0.29, 0.717) is 0 Å². The first kappa shape index (κ1) is 28.0. The Morgan fingerprint density at radius 2 is 1.70 bits per heavy atom. The van der Waals surface area contributed by atoms with Crippen molar-refractivity contribution >= 4 is 22.8 Å². The quantitative estimate of drug-likeness (QED) is 0.133. The van der Waals surface area contributed by atoms with Crippen molar-refractivity contribution in [2.45, 2.75) is 33.1 Å². The Kier molecular flexibility index (Phi) is 8.35. The van der Waals surface area contributed by atoms with Gasteiger partial charge in [0.1, 0.15) is 0 Å². The summed E-state index contributed by atoms with van der Waals surface area (Å²) in [4.78, 5) is 0. The van der Waals surface area contributed by atoms with E-state index in [0.717, 1.165) is 24.8 Å². The summed E-state index contributed by atoms with van der Waals surface area (Å²) < 4.78 is 0. The molecular weight excluding hydrogens is 516 g/mol. The van der Waals surface area contributed by atoms with Crippen LogP contribution in [0.1, 0.15) is 57.9 Å². The zero-order valence-corrected chi connectivity index (χ0v) is 25.0. The average molecular weight is 553 g/mol. The molecule has 208 valence electrons. The van der Waals surface area contributed by atoms with E-state index in [9.17, 15) is 0 Å². The summed E-state index contributed by atoms with van der Waals surface area (Å²) >= 11 is 0. The Hall–Kier alpha value is -5.12. The van der Waals surface area contributed by atoms with Crippen LogP contribution >= 0.6 is 0 Å². The van der Waals surface area contributed by atoms with Crippen molar-refractivity contribution in [1.82, 2.24) is 0 Å². The topological polar surface area (TPSA) is 0 Å². The van der Waals surface area contributed by atoms with Gasteiger partial charge in [-0.3, -0.25) is 0 Å². The van der Waals surface area contributed by atoms with Crippen molar-refractivity contribution in [3.05, 3.63) is 179 Å². The number of rotatable bonds is 8. The molecule has 2 aliphatic rings. The molecule has 0 N–H and O–H groups in total. The zero-order chi connectivity index (χ0) is 29.6. The van der Waals surface area contributed by atoms with E-state index in [1.165, 1.54) is 66.8 Å². The molecule has 0 bridgehead atoms. The average Bonchev–Trinajstić information content (AvgIpc) is 3.18. The van der Waals surface area contributed by atoms with E-state index in [2.05, 4.69) is 160 Å². The summed E-state index contributed by atoms with van der Waals surface area (Å²) in [6, 6.07) is 31.0. The molecule has 2 aliphatic carbocycles. The van der Waals surface area contributed by atoms with Crippen molar-refractivity contribution < 1.29 is 0 Å². The number of hydrogen-bond donors (Lipinski definition) is 0. The van der Waals surface area contributed by atoms with Gasteiger partial charge in [-0.2, -0.15) is 0 Å². The molecule has 0 saturated heterocycles. The van der Waals surface area contributed by atoms with Gasteiger partial charge in [0, 0.05) is 12.0 Å². The normalized spacial score (nSPS) is 14.0. The van der Waals surface area contributed by atoms with Gasteiger partial charge < -0.3 is 0 Å². The molecule has 0 aromatic heterocycles. The monoisotopic (exact) mass is 552 g/mol. The summed E-state index contributed by atoms with van der Waals surface area (Å²) in [5.41, 5.74) is 16.5. The summed E-state index contributed by atoms with van der Waals surface area (Å²) in [7, 11) is 0. The van der Waals surface area contributed by atoms with Crippen molar-refractivity contribution in [2.75, 3.05) is 0 Å². The van der Waals surface area contributed by atoms with Crippen LogP contribution in [0, 0.1) is 18.8 Å². The minimum absolute atomic E-state index is 0.811. The molecule has 0 heteroatoms. The molecular formula is C43H36. The highest BCUT2D eigenvalue weighted by atomic mass is 14.2. The van der Waals surface area contributed by atoms with Gasteiger partial charge in [0.2, 0.25) is 0 Å². The van der Waals surface area contributed by atoms with Crippen LogP contribution in [0.2, 0.25) is 0 Å². The smallest absolute Gasteiger partial charge is 0.0320 e. The van der Waals surface area contributed by atoms with Crippen LogP contribution in [0.25, 0.3) is 33.9 Å². The van der Waals surface area contributed by atoms with Gasteiger partial charge in [-0.05, 0) is 99.5 Å². The minimum Gasteiger partial charge on any atom is -0.0990 e. The van der Waals surface area contributed by atoms with Crippen LogP contribution in [-0.4, -0.2) is 0 Å². The van der Waals surface area contributed by atoms with Gasteiger partial charge in [-0.1, -0.05) is 146 Å². The van der Waals surface area contributed by atoms with E-state index < -0.39 is 0 Å². The SMILES string of the molecule is C=C/C=C(\C=C(/C)c1ccccc1C/C=C/c1ccc(C2=CC=CCC#C2)c(C)c1)c1ccc2c(c1)Cc1ccccc1-2. The van der Waals surface area contributed by atoms with Gasteiger partial charge in [0.15, 0.2) is 0 Å². The number of benzene rings is 4. The molecule has 0 fully saturated rings. The van der Waals surface area contributed by atoms with Crippen molar-refractivity contribution in [2.24, 2.45) is 0 Å². The van der Waals surface area contributed by atoms with Crippen molar-refractivity contribution in [3.8, 4) is 23.0 Å². The van der Waals surface area contributed by atoms with Crippen LogP contribution in [0.15, 0.2) is 134 Å². The highest BCUT2D eigenvalue weighted by molar-refractivity contribution is 5.87. The van der Waals surface area contributed by atoms with Crippen LogP contribution in [0.4, 0.5) is 0 Å². The Labute approximate surface area is 256 Å². The Bertz CT molecular complexity index is 1920. The number of hydrogen-bond acceptors (Lipinski definition) is 0. The van der Waals surface area contributed by atoms with E-state index >= 15 is 0 Å². The molecule has 0 unspecified atom stereocenters. The maximum absolute atomic E-state index is 4.01. The maximum Gasteiger partial charge on any atom is 0.0320 e. The van der Waals surface area contributed by atoms with Crippen molar-refractivity contribution in [1.29, 1.82) is 0 Å². The van der Waals surface area contributed by atoms with Crippen molar-refractivity contribution in [3.63, 3.8) is 0 Å². The minimum atomic E-state index is 0.811. The Balaban J connectivity index is 1.21. The summed E-state index contributed by atoms with van der Waals surface area (Å²) in [6.07, 6.45) is 19.8. The second-order valence-electron chi connectivity index (χ2n) is 11.2. The lowest BCUT2D eigenvalue weighted by atomic mass is 9.93. The largest absolute Gasteiger partial charge is 0.0990 e. The van der Waals surface area contributed by atoms with E-state index in [1.54, 1.807) is 0 Å². The fourth-order valence-corrected chi connectivity index (χ4v) is 6.12. The Morgan fingerprint density at radius 1 is 0.884 bits per heavy atom. The molecule has 0 heterocycles. The first-order valence-corrected chi connectivity index (χ1v) is 15.0. The number of aryl methyl sites for hydroxylation is 1. The predicted octanol–water partition coefficient (Wildman–Crippen LogP) is 10.8. The third-order valence-electron chi connectivity index (χ3n) is 8.27. The fourth-order valence-electron chi connectivity index (χ4n) is 6.12. The highest BCUT2D eigenvalue weighted by Crippen LogP contribution is 2.38. The first-order valence-electron chi connectivity index (χ1n) is 15.0. The maximum atomic E-state index is 4.01. The van der Waals surface area contributed by atoms with Crippen LogP contribution in [0.3, 0.4) is 0 Å². The van der Waals surface area contributed by atoms with Gasteiger partial charge in [-0.25, -0.2) is 0 Å². The summed E-state index contributed by atoms with van der Waals surface area (Å²) in [6.45, 7) is 8.39. The molecule has 0 nitrogen and oxygen atoms in total. The lowest BCUT2D eigenvalue weighted by Gasteiger charge is -2.11. The van der Waals surface area contributed by atoms with Gasteiger partial charge in [0.25, 0.3) is 0 Å². The third-order valence-corrected chi connectivity index (χ3v) is 8.27. The molecule has 0 aliphatic heterocycles. The summed E-state index contributed by atoms with van der Waals surface area (Å²) in [5.74, 6) is 6.52. The van der Waals surface area contributed by atoms with Crippen LogP contribution < -0.4 is 0 Å². The second kappa shape index (κ2) is 12.8. The highest BCUT2D eigenvalue weighted by Gasteiger charge is 2.18. The molecule has 0 saturated carbocycles. The lowest BCUT2D eigenvalue weighted by Crippen LogP contribution is -1.92. The predicted molar refractivity (Wildman–Crippen MR) is 186 cm³/mol. The Morgan fingerprint density at radius 3 is 2.58 bits per heavy atom. The molecule has 0 spiro atoms. The number of allylic oxidation sites excluding steroid dienone is 10. The first-order chi connectivity index (χ1) is 21.1. The summed E-state index contributed by atoms with van der Waals surface area (Å²) in [5, 5.41) is 0. The van der Waals surface area contributed by atoms with Crippen LogP contribution in [0.5, 0.6) is 0 Å². The molecule has 0 amide bonds. The molecule has 4 aromatic carbocycles. The van der Waals surface area contributed by atoms with Gasteiger partial charge in [-0.15, -0.1) is 0 Å². The van der Waals surface area contributed by atoms with E-state index in [-0.39, 0.29) is 0 Å². The zero-order valence-electron chi connectivity index (χ0n) is 25.0. The fraction of sp³-hybridized carbons (Fsp3) is 0.116. The third kappa shape index (κ3) is 6.23. The molecule has 0 radical (unpaired) electrons. The molecule has 4 aromatic rings. The van der Waals surface area contributed by atoms with E-state index in [4.69, 9.17) is 0 Å². The number of fused-ring (bicyclic) bond motifs is 3.